The highest BCUT2D eigenvalue weighted by molar-refractivity contribution is 5.99. The van der Waals surface area contributed by atoms with Crippen LogP contribution in [0.1, 0.15) is 36.5 Å². The minimum atomic E-state index is -1.04. The summed E-state index contributed by atoms with van der Waals surface area (Å²) < 4.78 is 10.6. The van der Waals surface area contributed by atoms with Crippen molar-refractivity contribution in [3.63, 3.8) is 0 Å². The zero-order valence-corrected chi connectivity index (χ0v) is 16.1. The standard InChI is InChI=1S/C20H27N3O4/c1-14(23-11-4-5-12-23)10-13-22(2)19-17(20(24)25)18(27-21-19)15-6-8-16(26-3)9-7-15/h6-9,14H,4-5,10-13H2,1-3H3,(H,24,25). The lowest BCUT2D eigenvalue weighted by atomic mass is 10.1. The second kappa shape index (κ2) is 8.43. The molecule has 7 nitrogen and oxygen atoms in total. The molecule has 3 rings (SSSR count). The van der Waals surface area contributed by atoms with Gasteiger partial charge >= 0.3 is 5.97 Å². The average molecular weight is 373 g/mol. The van der Waals surface area contributed by atoms with Gasteiger partial charge < -0.3 is 24.2 Å². The first-order valence-corrected chi connectivity index (χ1v) is 9.34. The monoisotopic (exact) mass is 373 g/mol. The molecule has 27 heavy (non-hydrogen) atoms. The number of ether oxygens (including phenoxy) is 1. The largest absolute Gasteiger partial charge is 0.497 e. The molecule has 0 aliphatic carbocycles. The Labute approximate surface area is 159 Å². The highest BCUT2D eigenvalue weighted by atomic mass is 16.5. The summed E-state index contributed by atoms with van der Waals surface area (Å²) in [5.74, 6) is 0.279. The van der Waals surface area contributed by atoms with Gasteiger partial charge in [-0.15, -0.1) is 0 Å². The Balaban J connectivity index is 1.76. The molecule has 1 atom stereocenters. The van der Waals surface area contributed by atoms with Gasteiger partial charge in [0.25, 0.3) is 0 Å². The maximum absolute atomic E-state index is 11.9. The number of anilines is 1. The second-order valence-electron chi connectivity index (χ2n) is 7.05. The molecule has 0 radical (unpaired) electrons. The Morgan fingerprint density at radius 3 is 2.59 bits per heavy atom. The highest BCUT2D eigenvalue weighted by Gasteiger charge is 2.27. The Hall–Kier alpha value is -2.54. The first kappa shape index (κ1) is 19.2. The van der Waals surface area contributed by atoms with Crippen molar-refractivity contribution in [3.8, 4) is 17.1 Å². The van der Waals surface area contributed by atoms with Gasteiger partial charge in [0.2, 0.25) is 0 Å². The van der Waals surface area contributed by atoms with E-state index >= 15 is 0 Å². The summed E-state index contributed by atoms with van der Waals surface area (Å²) in [7, 11) is 3.45. The number of carbonyl (C=O) groups is 1. The minimum Gasteiger partial charge on any atom is -0.497 e. The van der Waals surface area contributed by atoms with Crippen molar-refractivity contribution in [1.29, 1.82) is 0 Å². The Bertz CT molecular complexity index is 766. The molecule has 1 saturated heterocycles. The van der Waals surface area contributed by atoms with Gasteiger partial charge in [-0.1, -0.05) is 5.16 Å². The molecule has 1 aliphatic rings. The molecule has 1 aromatic carbocycles. The molecule has 146 valence electrons. The summed E-state index contributed by atoms with van der Waals surface area (Å²) in [5, 5.41) is 13.8. The molecular weight excluding hydrogens is 346 g/mol. The quantitative estimate of drug-likeness (QED) is 0.760. The number of hydrogen-bond acceptors (Lipinski definition) is 6. The number of rotatable bonds is 8. The van der Waals surface area contributed by atoms with Crippen LogP contribution in [0, 0.1) is 0 Å². The minimum absolute atomic E-state index is 0.0940. The molecule has 2 heterocycles. The fourth-order valence-electron chi connectivity index (χ4n) is 3.53. The van der Waals surface area contributed by atoms with Crippen molar-refractivity contribution in [2.24, 2.45) is 0 Å². The summed E-state index contributed by atoms with van der Waals surface area (Å²) in [4.78, 5) is 16.2. The van der Waals surface area contributed by atoms with E-state index in [1.54, 1.807) is 31.4 Å². The van der Waals surface area contributed by atoms with Crippen LogP contribution in [0.25, 0.3) is 11.3 Å². The van der Waals surface area contributed by atoms with Crippen molar-refractivity contribution in [2.75, 3.05) is 38.7 Å². The maximum Gasteiger partial charge on any atom is 0.343 e. The average Bonchev–Trinajstić information content (AvgIpc) is 3.35. The number of aromatic carboxylic acids is 1. The van der Waals surface area contributed by atoms with Crippen LogP contribution in [0.3, 0.4) is 0 Å². The maximum atomic E-state index is 11.9. The molecule has 0 bridgehead atoms. The molecule has 0 amide bonds. The van der Waals surface area contributed by atoms with Crippen molar-refractivity contribution >= 4 is 11.8 Å². The lowest BCUT2D eigenvalue weighted by Gasteiger charge is -2.26. The zero-order valence-electron chi connectivity index (χ0n) is 16.1. The van der Waals surface area contributed by atoms with Gasteiger partial charge in [0.15, 0.2) is 17.1 Å². The van der Waals surface area contributed by atoms with Crippen LogP contribution in [-0.2, 0) is 0 Å². The number of hydrogen-bond donors (Lipinski definition) is 1. The summed E-state index contributed by atoms with van der Waals surface area (Å²) in [6, 6.07) is 7.54. The number of likely N-dealkylation sites (tertiary alicyclic amines) is 1. The SMILES string of the molecule is COc1ccc(-c2onc(N(C)CCC(C)N3CCCC3)c2C(=O)O)cc1. The third kappa shape index (κ3) is 4.24. The number of carboxylic acids is 1. The topological polar surface area (TPSA) is 79.0 Å². The van der Waals surface area contributed by atoms with Crippen molar-refractivity contribution < 1.29 is 19.2 Å². The normalized spacial score (nSPS) is 15.7. The van der Waals surface area contributed by atoms with Crippen molar-refractivity contribution in [1.82, 2.24) is 10.1 Å². The van der Waals surface area contributed by atoms with Gasteiger partial charge in [-0.3, -0.25) is 0 Å². The molecule has 1 fully saturated rings. The van der Waals surface area contributed by atoms with Crippen LogP contribution in [0.15, 0.2) is 28.8 Å². The predicted octanol–water partition coefficient (Wildman–Crippen LogP) is 3.36. The Morgan fingerprint density at radius 2 is 2.00 bits per heavy atom. The van der Waals surface area contributed by atoms with E-state index < -0.39 is 5.97 Å². The van der Waals surface area contributed by atoms with Gasteiger partial charge in [0.1, 0.15) is 5.75 Å². The van der Waals surface area contributed by atoms with Gasteiger partial charge in [-0.05, 0) is 63.5 Å². The number of carboxylic acid groups (broad SMARTS) is 1. The van der Waals surface area contributed by atoms with Crippen LogP contribution in [0.5, 0.6) is 5.75 Å². The zero-order chi connectivity index (χ0) is 19.4. The van der Waals surface area contributed by atoms with Gasteiger partial charge in [-0.25, -0.2) is 4.79 Å². The summed E-state index contributed by atoms with van der Waals surface area (Å²) in [5.41, 5.74) is 0.752. The van der Waals surface area contributed by atoms with E-state index in [1.807, 2.05) is 11.9 Å². The Kier molecular flexibility index (Phi) is 6.01. The fourth-order valence-corrected chi connectivity index (χ4v) is 3.53. The summed E-state index contributed by atoms with van der Waals surface area (Å²) in [6.07, 6.45) is 3.47. The first-order valence-electron chi connectivity index (χ1n) is 9.34. The molecule has 0 saturated carbocycles. The second-order valence-corrected chi connectivity index (χ2v) is 7.05. The lowest BCUT2D eigenvalue weighted by Crippen LogP contribution is -2.34. The summed E-state index contributed by atoms with van der Waals surface area (Å²) in [6.45, 7) is 5.24. The van der Waals surface area contributed by atoms with Crippen LogP contribution < -0.4 is 9.64 Å². The van der Waals surface area contributed by atoms with Crippen LogP contribution in [0.2, 0.25) is 0 Å². The summed E-state index contributed by atoms with van der Waals surface area (Å²) >= 11 is 0. The molecule has 7 heteroatoms. The third-order valence-electron chi connectivity index (χ3n) is 5.25. The Morgan fingerprint density at radius 1 is 1.33 bits per heavy atom. The smallest absolute Gasteiger partial charge is 0.343 e. The van der Waals surface area contributed by atoms with E-state index in [9.17, 15) is 9.90 Å². The van der Waals surface area contributed by atoms with Crippen molar-refractivity contribution in [3.05, 3.63) is 29.8 Å². The van der Waals surface area contributed by atoms with E-state index in [2.05, 4.69) is 17.0 Å². The van der Waals surface area contributed by atoms with E-state index in [0.29, 0.717) is 29.7 Å². The number of benzene rings is 1. The molecule has 2 aromatic rings. The highest BCUT2D eigenvalue weighted by Crippen LogP contribution is 2.32. The molecule has 1 unspecified atom stereocenters. The molecule has 0 spiro atoms. The van der Waals surface area contributed by atoms with Gasteiger partial charge in [0.05, 0.1) is 7.11 Å². The number of aromatic nitrogens is 1. The molecule has 1 aliphatic heterocycles. The predicted molar refractivity (Wildman–Crippen MR) is 104 cm³/mol. The van der Waals surface area contributed by atoms with Gasteiger partial charge in [0, 0.05) is 25.2 Å². The van der Waals surface area contributed by atoms with E-state index in [0.717, 1.165) is 19.5 Å². The van der Waals surface area contributed by atoms with Crippen molar-refractivity contribution in [2.45, 2.75) is 32.2 Å². The first-order chi connectivity index (χ1) is 13.0. The fraction of sp³-hybridized carbons (Fsp3) is 0.500. The lowest BCUT2D eigenvalue weighted by molar-refractivity contribution is 0.0698. The van der Waals surface area contributed by atoms with Gasteiger partial charge in [-0.2, -0.15) is 0 Å². The molecule has 1 aromatic heterocycles. The van der Waals surface area contributed by atoms with E-state index in [4.69, 9.17) is 9.26 Å². The molecular formula is C20H27N3O4. The number of methoxy groups -OCH3 is 1. The third-order valence-corrected chi connectivity index (χ3v) is 5.25. The van der Waals surface area contributed by atoms with Crippen LogP contribution in [0.4, 0.5) is 5.82 Å². The number of nitrogens with zero attached hydrogens (tertiary/aromatic N) is 3. The van der Waals surface area contributed by atoms with Crippen LogP contribution >= 0.6 is 0 Å². The molecule has 1 N–H and O–H groups in total. The van der Waals surface area contributed by atoms with E-state index in [-0.39, 0.29) is 11.3 Å². The van der Waals surface area contributed by atoms with Crippen LogP contribution in [-0.4, -0.2) is 61.0 Å². The van der Waals surface area contributed by atoms with E-state index in [1.165, 1.54) is 12.8 Å².